The molecule has 0 spiro atoms. The first-order valence-electron chi connectivity index (χ1n) is 10.2. The maximum absolute atomic E-state index is 11.5. The third-order valence-corrected chi connectivity index (χ3v) is 16.0. The lowest BCUT2D eigenvalue weighted by atomic mass is 9.78. The van der Waals surface area contributed by atoms with Gasteiger partial charge >= 0.3 is 0 Å². The summed E-state index contributed by atoms with van der Waals surface area (Å²) in [5, 5.41) is 21.1. The van der Waals surface area contributed by atoms with E-state index < -0.39 is 22.2 Å². The largest absolute Gasteiger partial charge is 0.411 e. The number of hydrogen-bond acceptors (Lipinski definition) is 4. The second-order valence-corrected chi connectivity index (χ2v) is 20.9. The minimum Gasteiger partial charge on any atom is -0.411 e. The Morgan fingerprint density at radius 2 is 1.26 bits per heavy atom. The Morgan fingerprint density at radius 1 is 0.926 bits per heavy atom. The second kappa shape index (κ2) is 8.03. The first-order chi connectivity index (χ1) is 11.8. The Labute approximate surface area is 169 Å². The van der Waals surface area contributed by atoms with Gasteiger partial charge in [-0.1, -0.05) is 53.2 Å². The highest BCUT2D eigenvalue weighted by molar-refractivity contribution is 6.74. The van der Waals surface area contributed by atoms with Crippen LogP contribution < -0.4 is 0 Å². The molecule has 1 aliphatic carbocycles. The molecule has 0 bridgehead atoms. The minimum absolute atomic E-state index is 0.0110. The van der Waals surface area contributed by atoms with Crippen molar-refractivity contribution in [1.29, 1.82) is 0 Å². The van der Waals surface area contributed by atoms with Crippen molar-refractivity contribution < 1.29 is 19.1 Å². The minimum atomic E-state index is -2.05. The summed E-state index contributed by atoms with van der Waals surface area (Å²) in [4.78, 5) is 0. The van der Waals surface area contributed by atoms with E-state index >= 15 is 0 Å². The number of rotatable bonds is 5. The third-order valence-electron chi connectivity index (χ3n) is 7.06. The molecule has 0 radical (unpaired) electrons. The third kappa shape index (κ3) is 5.76. The lowest BCUT2D eigenvalue weighted by molar-refractivity contribution is -0.134. The quantitative estimate of drug-likeness (QED) is 0.476. The molecule has 0 aliphatic heterocycles. The molecular formula is C21H44O4Si2. The zero-order valence-electron chi connectivity index (χ0n) is 19.6. The lowest BCUT2D eigenvalue weighted by Gasteiger charge is -2.51. The van der Waals surface area contributed by atoms with Gasteiger partial charge in [0, 0.05) is 0 Å². The van der Waals surface area contributed by atoms with Gasteiger partial charge in [0.05, 0.1) is 18.8 Å². The summed E-state index contributed by atoms with van der Waals surface area (Å²) >= 11 is 0. The Kier molecular flexibility index (Phi) is 7.45. The number of aliphatic hydroxyl groups excluding tert-OH is 1. The Hall–Kier alpha value is 0.0138. The van der Waals surface area contributed by atoms with Crippen molar-refractivity contribution in [1.82, 2.24) is 0 Å². The fourth-order valence-electron chi connectivity index (χ4n) is 2.86. The highest BCUT2D eigenvalue weighted by atomic mass is 28.4. The van der Waals surface area contributed by atoms with Crippen molar-refractivity contribution in [2.75, 3.05) is 6.61 Å². The molecule has 2 atom stereocenters. The van der Waals surface area contributed by atoms with Gasteiger partial charge in [0.15, 0.2) is 16.6 Å². The summed E-state index contributed by atoms with van der Waals surface area (Å²) in [5.74, 6) is 0. The van der Waals surface area contributed by atoms with E-state index in [4.69, 9.17) is 8.85 Å². The molecule has 0 aromatic heterocycles. The first kappa shape index (κ1) is 25.1. The molecule has 160 valence electrons. The van der Waals surface area contributed by atoms with Crippen LogP contribution in [0.25, 0.3) is 0 Å². The summed E-state index contributed by atoms with van der Waals surface area (Å²) < 4.78 is 13.3. The highest BCUT2D eigenvalue weighted by Crippen LogP contribution is 2.45. The van der Waals surface area contributed by atoms with Crippen LogP contribution >= 0.6 is 0 Å². The first-order valence-corrected chi connectivity index (χ1v) is 16.0. The molecule has 0 amide bonds. The van der Waals surface area contributed by atoms with Gasteiger partial charge in [-0.3, -0.25) is 0 Å². The van der Waals surface area contributed by atoms with Gasteiger partial charge in [-0.15, -0.1) is 0 Å². The molecule has 0 aromatic rings. The summed E-state index contributed by atoms with van der Waals surface area (Å²) in [7, 11) is -4.10. The Bertz CT molecular complexity index is 497. The van der Waals surface area contributed by atoms with E-state index in [-0.39, 0.29) is 28.9 Å². The van der Waals surface area contributed by atoms with Crippen LogP contribution in [0.2, 0.25) is 36.3 Å². The summed E-state index contributed by atoms with van der Waals surface area (Å²) in [6.45, 7) is 24.0. The van der Waals surface area contributed by atoms with Crippen molar-refractivity contribution >= 4 is 16.6 Å². The van der Waals surface area contributed by atoms with Gasteiger partial charge in [0.25, 0.3) is 0 Å². The second-order valence-electron chi connectivity index (χ2n) is 11.4. The Balaban J connectivity index is 3.23. The summed E-state index contributed by atoms with van der Waals surface area (Å²) in [6.07, 6.45) is 2.52. The fraction of sp³-hybridized carbons (Fsp3) is 0.905. The Morgan fingerprint density at radius 3 is 1.52 bits per heavy atom. The summed E-state index contributed by atoms with van der Waals surface area (Å²) in [5.41, 5.74) is 0.0640. The molecule has 0 aromatic carbocycles. The number of aliphatic hydroxyl groups is 2. The van der Waals surface area contributed by atoms with Crippen LogP contribution in [0.15, 0.2) is 11.6 Å². The van der Waals surface area contributed by atoms with Gasteiger partial charge < -0.3 is 19.1 Å². The van der Waals surface area contributed by atoms with Crippen LogP contribution in [0.4, 0.5) is 0 Å². The monoisotopic (exact) mass is 416 g/mol. The van der Waals surface area contributed by atoms with E-state index in [1.165, 1.54) is 0 Å². The van der Waals surface area contributed by atoms with E-state index in [2.05, 4.69) is 67.7 Å². The van der Waals surface area contributed by atoms with Gasteiger partial charge in [-0.05, 0) is 56.0 Å². The molecule has 0 unspecified atom stereocenters. The molecule has 1 saturated carbocycles. The molecule has 6 heteroatoms. The van der Waals surface area contributed by atoms with Crippen molar-refractivity contribution in [3.05, 3.63) is 11.6 Å². The van der Waals surface area contributed by atoms with Crippen molar-refractivity contribution in [3.63, 3.8) is 0 Å². The van der Waals surface area contributed by atoms with E-state index in [9.17, 15) is 10.2 Å². The molecule has 1 rings (SSSR count). The molecule has 27 heavy (non-hydrogen) atoms. The van der Waals surface area contributed by atoms with Crippen LogP contribution in [-0.4, -0.2) is 51.3 Å². The maximum Gasteiger partial charge on any atom is 0.192 e. The standard InChI is InChI=1S/C21H44O4Si2/c1-19(2,3)26(8,9)24-17-14-16(12-13-22)15-18(21(17,7)23)25-27(10,11)20(4,5)6/h12,17-18,22-23H,13-15H2,1-11H3/t17-,18-,21?/m1/s1. The van der Waals surface area contributed by atoms with E-state index in [1.54, 1.807) is 0 Å². The van der Waals surface area contributed by atoms with Gasteiger partial charge in [-0.25, -0.2) is 0 Å². The van der Waals surface area contributed by atoms with Gasteiger partial charge in [0.1, 0.15) is 5.60 Å². The lowest BCUT2D eigenvalue weighted by Crippen LogP contribution is -2.61. The van der Waals surface area contributed by atoms with Crippen LogP contribution in [0, 0.1) is 0 Å². The number of hydrogen-bond donors (Lipinski definition) is 2. The molecule has 1 aliphatic rings. The van der Waals surface area contributed by atoms with Crippen LogP contribution in [-0.2, 0) is 8.85 Å². The fourth-order valence-corrected chi connectivity index (χ4v) is 5.64. The molecule has 0 heterocycles. The molecule has 0 saturated heterocycles. The van der Waals surface area contributed by atoms with E-state index in [0.717, 1.165) is 5.57 Å². The van der Waals surface area contributed by atoms with Crippen molar-refractivity contribution in [2.24, 2.45) is 0 Å². The zero-order valence-corrected chi connectivity index (χ0v) is 21.6. The van der Waals surface area contributed by atoms with Crippen LogP contribution in [0.5, 0.6) is 0 Å². The summed E-state index contributed by atoms with van der Waals surface area (Å²) in [6, 6.07) is 0. The molecule has 1 fully saturated rings. The molecule has 4 nitrogen and oxygen atoms in total. The predicted molar refractivity (Wildman–Crippen MR) is 119 cm³/mol. The van der Waals surface area contributed by atoms with E-state index in [0.29, 0.717) is 12.8 Å². The van der Waals surface area contributed by atoms with Crippen LogP contribution in [0.1, 0.15) is 61.3 Å². The van der Waals surface area contributed by atoms with Crippen LogP contribution in [0.3, 0.4) is 0 Å². The SMILES string of the molecule is CC1(O)[C@H](O[Si](C)(C)C(C)(C)C)CC(=CCO)C[C@H]1O[Si](C)(C)C(C)(C)C. The van der Waals surface area contributed by atoms with Crippen molar-refractivity contribution in [3.8, 4) is 0 Å². The van der Waals surface area contributed by atoms with Crippen molar-refractivity contribution in [2.45, 2.75) is 115 Å². The molecule has 2 N–H and O–H groups in total. The van der Waals surface area contributed by atoms with Gasteiger partial charge in [0.2, 0.25) is 0 Å². The predicted octanol–water partition coefficient (Wildman–Crippen LogP) is 5.23. The average Bonchev–Trinajstić information content (AvgIpc) is 2.41. The van der Waals surface area contributed by atoms with Gasteiger partial charge in [-0.2, -0.15) is 0 Å². The highest BCUT2D eigenvalue weighted by Gasteiger charge is 2.52. The normalized spacial score (nSPS) is 28.4. The maximum atomic E-state index is 11.5. The average molecular weight is 417 g/mol. The topological polar surface area (TPSA) is 58.9 Å². The zero-order chi connectivity index (χ0) is 21.5. The van der Waals surface area contributed by atoms with E-state index in [1.807, 2.05) is 13.0 Å². The smallest absolute Gasteiger partial charge is 0.192 e. The molecular weight excluding hydrogens is 372 g/mol.